The van der Waals surface area contributed by atoms with E-state index in [1.807, 2.05) is 12.3 Å². The molecular formula is C14H14BrN3O2. The van der Waals surface area contributed by atoms with Gasteiger partial charge in [0, 0.05) is 35.4 Å². The second-order valence-electron chi connectivity index (χ2n) is 4.78. The van der Waals surface area contributed by atoms with Crippen LogP contribution in [0.5, 0.6) is 0 Å². The van der Waals surface area contributed by atoms with Crippen LogP contribution in [0, 0.1) is 0 Å². The Morgan fingerprint density at radius 3 is 3.05 bits per heavy atom. The molecule has 0 atom stereocenters. The Bertz CT molecular complexity index is 666. The number of aryl methyl sites for hydroxylation is 2. The van der Waals surface area contributed by atoms with E-state index in [1.54, 1.807) is 10.9 Å². The summed E-state index contributed by atoms with van der Waals surface area (Å²) in [6, 6.07) is 1.92. The van der Waals surface area contributed by atoms with Gasteiger partial charge in [-0.1, -0.05) is 15.9 Å². The maximum Gasteiger partial charge on any atom is 0.354 e. The molecule has 0 radical (unpaired) electrons. The van der Waals surface area contributed by atoms with Crippen molar-refractivity contribution in [3.05, 3.63) is 35.3 Å². The molecule has 3 rings (SSSR count). The lowest BCUT2D eigenvalue weighted by molar-refractivity contribution is 0.0682. The van der Waals surface area contributed by atoms with Crippen molar-refractivity contribution in [2.75, 3.05) is 5.33 Å². The molecule has 20 heavy (non-hydrogen) atoms. The van der Waals surface area contributed by atoms with Crippen molar-refractivity contribution in [2.24, 2.45) is 0 Å². The lowest BCUT2D eigenvalue weighted by Crippen LogP contribution is -2.13. The predicted octanol–water partition coefficient (Wildman–Crippen LogP) is 2.53. The van der Waals surface area contributed by atoms with Crippen molar-refractivity contribution >= 4 is 21.9 Å². The monoisotopic (exact) mass is 335 g/mol. The SMILES string of the molecule is O=C(O)c1c2c(nn1CCCBr)-c1ccncc1CC2. The zero-order valence-electron chi connectivity index (χ0n) is 10.8. The maximum absolute atomic E-state index is 11.5. The van der Waals surface area contributed by atoms with Gasteiger partial charge >= 0.3 is 5.97 Å². The fourth-order valence-corrected chi connectivity index (χ4v) is 2.93. The highest BCUT2D eigenvalue weighted by molar-refractivity contribution is 9.09. The quantitative estimate of drug-likeness (QED) is 0.872. The number of alkyl halides is 1. The number of pyridine rings is 1. The summed E-state index contributed by atoms with van der Waals surface area (Å²) < 4.78 is 1.63. The van der Waals surface area contributed by atoms with Gasteiger partial charge in [0.05, 0.1) is 5.69 Å². The highest BCUT2D eigenvalue weighted by Gasteiger charge is 2.27. The Morgan fingerprint density at radius 2 is 2.30 bits per heavy atom. The van der Waals surface area contributed by atoms with E-state index in [0.717, 1.165) is 40.6 Å². The van der Waals surface area contributed by atoms with Gasteiger partial charge in [-0.3, -0.25) is 9.67 Å². The minimum Gasteiger partial charge on any atom is -0.477 e. The van der Waals surface area contributed by atoms with Gasteiger partial charge in [0.2, 0.25) is 0 Å². The van der Waals surface area contributed by atoms with Crippen LogP contribution in [0.4, 0.5) is 0 Å². The van der Waals surface area contributed by atoms with Crippen LogP contribution in [0.2, 0.25) is 0 Å². The first kappa shape index (κ1) is 13.3. The molecule has 0 saturated heterocycles. The van der Waals surface area contributed by atoms with Gasteiger partial charge in [-0.2, -0.15) is 5.10 Å². The summed E-state index contributed by atoms with van der Waals surface area (Å²) in [6.07, 6.45) is 5.96. The number of hydrogen-bond donors (Lipinski definition) is 1. The molecule has 104 valence electrons. The number of aromatic carboxylic acids is 1. The largest absolute Gasteiger partial charge is 0.477 e. The molecule has 0 aliphatic heterocycles. The van der Waals surface area contributed by atoms with Crippen LogP contribution in [0.25, 0.3) is 11.3 Å². The first-order chi connectivity index (χ1) is 9.72. The van der Waals surface area contributed by atoms with Crippen molar-refractivity contribution in [3.63, 3.8) is 0 Å². The summed E-state index contributed by atoms with van der Waals surface area (Å²) in [5.74, 6) is -0.897. The van der Waals surface area contributed by atoms with Gasteiger partial charge < -0.3 is 5.11 Å². The number of halogens is 1. The second-order valence-corrected chi connectivity index (χ2v) is 5.57. The van der Waals surface area contributed by atoms with Crippen molar-refractivity contribution in [1.82, 2.24) is 14.8 Å². The van der Waals surface area contributed by atoms with Gasteiger partial charge in [-0.05, 0) is 30.9 Å². The van der Waals surface area contributed by atoms with Gasteiger partial charge in [0.1, 0.15) is 5.69 Å². The van der Waals surface area contributed by atoms with Crippen molar-refractivity contribution < 1.29 is 9.90 Å². The first-order valence-corrected chi connectivity index (χ1v) is 7.66. The molecule has 0 bridgehead atoms. The summed E-state index contributed by atoms with van der Waals surface area (Å²) in [5, 5.41) is 14.8. The van der Waals surface area contributed by atoms with Crippen LogP contribution in [0.1, 0.15) is 28.0 Å². The predicted molar refractivity (Wildman–Crippen MR) is 78.2 cm³/mol. The molecule has 6 heteroatoms. The Morgan fingerprint density at radius 1 is 1.45 bits per heavy atom. The van der Waals surface area contributed by atoms with E-state index in [1.165, 1.54) is 0 Å². The van der Waals surface area contributed by atoms with E-state index in [2.05, 4.69) is 26.0 Å². The van der Waals surface area contributed by atoms with Crippen LogP contribution >= 0.6 is 15.9 Å². The number of nitrogens with zero attached hydrogens (tertiary/aromatic N) is 3. The Balaban J connectivity index is 2.14. The third kappa shape index (κ3) is 2.14. The molecule has 2 aromatic rings. The molecule has 0 unspecified atom stereocenters. The van der Waals surface area contributed by atoms with Gasteiger partial charge in [-0.25, -0.2) is 4.79 Å². The van der Waals surface area contributed by atoms with Crippen molar-refractivity contribution in [2.45, 2.75) is 25.8 Å². The number of aromatic nitrogens is 3. The standard InChI is InChI=1S/C14H14BrN3O2/c15-5-1-7-18-13(14(19)20)11-3-2-9-8-16-6-4-10(9)12(11)17-18/h4,6,8H,1-3,5,7H2,(H,19,20). The molecule has 0 saturated carbocycles. The zero-order chi connectivity index (χ0) is 14.1. The van der Waals surface area contributed by atoms with E-state index < -0.39 is 5.97 Å². The van der Waals surface area contributed by atoms with Crippen LogP contribution in [0.3, 0.4) is 0 Å². The Kier molecular flexibility index (Phi) is 3.56. The average molecular weight is 336 g/mol. The highest BCUT2D eigenvalue weighted by atomic mass is 79.9. The molecule has 1 aliphatic rings. The second kappa shape index (κ2) is 5.36. The number of carboxylic acids is 1. The number of rotatable bonds is 4. The molecular weight excluding hydrogens is 322 g/mol. The van der Waals surface area contributed by atoms with Gasteiger partial charge in [-0.15, -0.1) is 0 Å². The number of carboxylic acid groups (broad SMARTS) is 1. The molecule has 0 aromatic carbocycles. The smallest absolute Gasteiger partial charge is 0.354 e. The summed E-state index contributed by atoms with van der Waals surface area (Å²) in [7, 11) is 0. The summed E-state index contributed by atoms with van der Waals surface area (Å²) in [4.78, 5) is 15.7. The molecule has 1 N–H and O–H groups in total. The number of carbonyl (C=O) groups is 1. The summed E-state index contributed by atoms with van der Waals surface area (Å²) in [6.45, 7) is 0.611. The van der Waals surface area contributed by atoms with Crippen molar-refractivity contribution in [3.8, 4) is 11.3 Å². The molecule has 0 amide bonds. The van der Waals surface area contributed by atoms with Gasteiger partial charge in [0.15, 0.2) is 0 Å². The molecule has 1 aliphatic carbocycles. The molecule has 5 nitrogen and oxygen atoms in total. The Hall–Kier alpha value is -1.69. The molecule has 2 aromatic heterocycles. The van der Waals surface area contributed by atoms with Crippen LogP contribution in [-0.4, -0.2) is 31.2 Å². The lowest BCUT2D eigenvalue weighted by atomic mass is 9.90. The fourth-order valence-electron chi connectivity index (χ4n) is 2.68. The zero-order valence-corrected chi connectivity index (χ0v) is 12.4. The lowest BCUT2D eigenvalue weighted by Gasteiger charge is -2.14. The van der Waals surface area contributed by atoms with E-state index in [-0.39, 0.29) is 0 Å². The first-order valence-electron chi connectivity index (χ1n) is 6.54. The number of fused-ring (bicyclic) bond motifs is 3. The summed E-state index contributed by atoms with van der Waals surface area (Å²) >= 11 is 3.37. The van der Waals surface area contributed by atoms with Crippen LogP contribution < -0.4 is 0 Å². The van der Waals surface area contributed by atoms with E-state index in [9.17, 15) is 9.90 Å². The average Bonchev–Trinajstić information content (AvgIpc) is 2.84. The van der Waals surface area contributed by atoms with Gasteiger partial charge in [0.25, 0.3) is 0 Å². The maximum atomic E-state index is 11.5. The molecule has 0 fully saturated rings. The summed E-state index contributed by atoms with van der Waals surface area (Å²) in [5.41, 5.74) is 4.15. The topological polar surface area (TPSA) is 68.0 Å². The van der Waals surface area contributed by atoms with E-state index in [0.29, 0.717) is 18.7 Å². The van der Waals surface area contributed by atoms with E-state index in [4.69, 9.17) is 0 Å². The van der Waals surface area contributed by atoms with Crippen LogP contribution in [-0.2, 0) is 19.4 Å². The third-order valence-electron chi connectivity index (χ3n) is 3.56. The molecule has 0 spiro atoms. The van der Waals surface area contributed by atoms with Crippen molar-refractivity contribution in [1.29, 1.82) is 0 Å². The van der Waals surface area contributed by atoms with E-state index >= 15 is 0 Å². The Labute approximate surface area is 124 Å². The normalized spacial score (nSPS) is 12.8. The number of hydrogen-bond acceptors (Lipinski definition) is 3. The fraction of sp³-hybridized carbons (Fsp3) is 0.357. The van der Waals surface area contributed by atoms with Crippen LogP contribution in [0.15, 0.2) is 18.5 Å². The molecule has 2 heterocycles. The minimum absolute atomic E-state index is 0.336. The minimum atomic E-state index is -0.897. The highest BCUT2D eigenvalue weighted by Crippen LogP contribution is 2.34. The third-order valence-corrected chi connectivity index (χ3v) is 4.12.